The van der Waals surface area contributed by atoms with Gasteiger partial charge in [-0.05, 0) is 31.2 Å². The Morgan fingerprint density at radius 3 is 2.81 bits per heavy atom. The molecular weight excluding hydrogens is 308 g/mol. The van der Waals surface area contributed by atoms with Crippen LogP contribution in [0.4, 0.5) is 5.13 Å². The zero-order chi connectivity index (χ0) is 14.8. The lowest BCUT2D eigenvalue weighted by atomic mass is 10.3. The molecule has 7 heteroatoms. The van der Waals surface area contributed by atoms with E-state index in [1.807, 2.05) is 48.9 Å². The molecule has 0 radical (unpaired) electrons. The van der Waals surface area contributed by atoms with E-state index < -0.39 is 0 Å². The summed E-state index contributed by atoms with van der Waals surface area (Å²) in [7, 11) is 2.00. The van der Waals surface area contributed by atoms with Gasteiger partial charge in [0.25, 0.3) is 0 Å². The van der Waals surface area contributed by atoms with Crippen molar-refractivity contribution in [2.75, 3.05) is 25.1 Å². The van der Waals surface area contributed by atoms with Crippen molar-refractivity contribution in [1.29, 1.82) is 0 Å². The average Bonchev–Trinajstić information content (AvgIpc) is 2.98. The maximum atomic E-state index is 5.84. The second-order valence-electron chi connectivity index (χ2n) is 4.72. The van der Waals surface area contributed by atoms with Crippen molar-refractivity contribution in [2.45, 2.75) is 6.92 Å². The van der Waals surface area contributed by atoms with Crippen LogP contribution in [0.3, 0.4) is 0 Å². The molecule has 0 bridgehead atoms. The van der Waals surface area contributed by atoms with Crippen molar-refractivity contribution < 1.29 is 4.74 Å². The molecule has 110 valence electrons. The van der Waals surface area contributed by atoms with Gasteiger partial charge in [-0.3, -0.25) is 0 Å². The number of anilines is 1. The fourth-order valence-corrected chi connectivity index (χ4v) is 2.92. The highest BCUT2D eigenvalue weighted by Crippen LogP contribution is 2.22. The molecule has 3 rings (SSSR count). The van der Waals surface area contributed by atoms with E-state index in [0.717, 1.165) is 28.1 Å². The standard InChI is InChI=1S/C14H15ClN4OS/c1-10-9-19-13(16-10)21-14(17-19)18(2)7-8-20-12-5-3-11(15)4-6-12/h3-6,9H,7-8H2,1-2H3. The molecule has 0 aliphatic rings. The van der Waals surface area contributed by atoms with E-state index in [-0.39, 0.29) is 0 Å². The second-order valence-corrected chi connectivity index (χ2v) is 6.09. The van der Waals surface area contributed by atoms with Gasteiger partial charge in [-0.25, -0.2) is 9.50 Å². The highest BCUT2D eigenvalue weighted by Gasteiger charge is 2.10. The molecule has 2 heterocycles. The third-order valence-electron chi connectivity index (χ3n) is 2.99. The Bertz CT molecular complexity index is 706. The Hall–Kier alpha value is -1.79. The van der Waals surface area contributed by atoms with Gasteiger partial charge in [0.2, 0.25) is 10.1 Å². The third-order valence-corrected chi connectivity index (χ3v) is 4.28. The molecule has 0 atom stereocenters. The molecule has 1 aromatic carbocycles. The van der Waals surface area contributed by atoms with Crippen LogP contribution < -0.4 is 9.64 Å². The van der Waals surface area contributed by atoms with Crippen molar-refractivity contribution >= 4 is 33.0 Å². The highest BCUT2D eigenvalue weighted by atomic mass is 35.5. The molecule has 0 fully saturated rings. The van der Waals surface area contributed by atoms with Crippen molar-refractivity contribution in [2.24, 2.45) is 0 Å². The van der Waals surface area contributed by atoms with Crippen LogP contribution in [-0.2, 0) is 0 Å². The Balaban J connectivity index is 1.57. The summed E-state index contributed by atoms with van der Waals surface area (Å²) >= 11 is 7.40. The zero-order valence-electron chi connectivity index (χ0n) is 11.8. The SMILES string of the molecule is Cc1cn2nc(N(C)CCOc3ccc(Cl)cc3)sc2n1. The van der Waals surface area contributed by atoms with Crippen LogP contribution in [0.15, 0.2) is 30.5 Å². The van der Waals surface area contributed by atoms with E-state index in [4.69, 9.17) is 16.3 Å². The van der Waals surface area contributed by atoms with E-state index in [2.05, 4.69) is 15.0 Å². The molecule has 0 N–H and O–H groups in total. The lowest BCUT2D eigenvalue weighted by Crippen LogP contribution is -2.23. The minimum Gasteiger partial charge on any atom is -0.492 e. The minimum atomic E-state index is 0.582. The predicted molar refractivity (Wildman–Crippen MR) is 85.8 cm³/mol. The lowest BCUT2D eigenvalue weighted by Gasteiger charge is -2.15. The predicted octanol–water partition coefficient (Wildman–Crippen LogP) is 3.27. The number of aromatic nitrogens is 3. The first-order valence-corrected chi connectivity index (χ1v) is 7.73. The Labute approximate surface area is 131 Å². The van der Waals surface area contributed by atoms with Gasteiger partial charge in [-0.1, -0.05) is 22.9 Å². The number of hydrogen-bond donors (Lipinski definition) is 0. The molecule has 5 nitrogen and oxygen atoms in total. The number of hydrogen-bond acceptors (Lipinski definition) is 5. The molecule has 0 amide bonds. The molecule has 0 spiro atoms. The number of nitrogens with zero attached hydrogens (tertiary/aromatic N) is 4. The summed E-state index contributed by atoms with van der Waals surface area (Å²) in [4.78, 5) is 7.37. The Morgan fingerprint density at radius 1 is 1.33 bits per heavy atom. The smallest absolute Gasteiger partial charge is 0.214 e. The maximum absolute atomic E-state index is 5.84. The molecular formula is C14H15ClN4OS. The summed E-state index contributed by atoms with van der Waals surface area (Å²) in [5.41, 5.74) is 0.981. The van der Waals surface area contributed by atoms with Gasteiger partial charge < -0.3 is 9.64 Å². The van der Waals surface area contributed by atoms with E-state index in [1.165, 1.54) is 0 Å². The summed E-state index contributed by atoms with van der Waals surface area (Å²) in [6.07, 6.45) is 1.92. The average molecular weight is 323 g/mol. The van der Waals surface area contributed by atoms with Gasteiger partial charge in [0, 0.05) is 12.1 Å². The number of benzene rings is 1. The van der Waals surface area contributed by atoms with Crippen LogP contribution in [0.5, 0.6) is 5.75 Å². The van der Waals surface area contributed by atoms with E-state index in [1.54, 1.807) is 11.3 Å². The van der Waals surface area contributed by atoms with Gasteiger partial charge in [-0.2, -0.15) is 0 Å². The van der Waals surface area contributed by atoms with E-state index in [0.29, 0.717) is 11.6 Å². The molecule has 2 aromatic heterocycles. The fraction of sp³-hybridized carbons (Fsp3) is 0.286. The number of imidazole rings is 1. The van der Waals surface area contributed by atoms with Crippen molar-refractivity contribution in [3.8, 4) is 5.75 Å². The molecule has 3 aromatic rings. The van der Waals surface area contributed by atoms with Crippen LogP contribution in [0.25, 0.3) is 4.96 Å². The molecule has 0 unspecified atom stereocenters. The van der Waals surface area contributed by atoms with Crippen LogP contribution in [-0.4, -0.2) is 34.8 Å². The number of fused-ring (bicyclic) bond motifs is 1. The van der Waals surface area contributed by atoms with Crippen LogP contribution in [0, 0.1) is 6.92 Å². The largest absolute Gasteiger partial charge is 0.492 e. The molecule has 0 saturated heterocycles. The Kier molecular flexibility index (Phi) is 3.98. The monoisotopic (exact) mass is 322 g/mol. The summed E-state index contributed by atoms with van der Waals surface area (Å²) in [5, 5.41) is 6.13. The normalized spacial score (nSPS) is 11.0. The van der Waals surface area contributed by atoms with Crippen molar-refractivity contribution in [1.82, 2.24) is 14.6 Å². The quantitative estimate of drug-likeness (QED) is 0.723. The maximum Gasteiger partial charge on any atom is 0.214 e. The molecule has 0 aliphatic heterocycles. The number of likely N-dealkylation sites (N-methyl/N-ethyl adjacent to an activating group) is 1. The topological polar surface area (TPSA) is 42.7 Å². The van der Waals surface area contributed by atoms with Crippen LogP contribution >= 0.6 is 22.9 Å². The summed E-state index contributed by atoms with van der Waals surface area (Å²) < 4.78 is 7.49. The zero-order valence-corrected chi connectivity index (χ0v) is 13.4. The summed E-state index contributed by atoms with van der Waals surface area (Å²) in [5.74, 6) is 0.817. The number of halogens is 1. The van der Waals surface area contributed by atoms with Crippen molar-refractivity contribution in [3.63, 3.8) is 0 Å². The first kappa shape index (κ1) is 14.2. The third kappa shape index (κ3) is 3.28. The van der Waals surface area contributed by atoms with Crippen molar-refractivity contribution in [3.05, 3.63) is 41.2 Å². The summed E-state index contributed by atoms with van der Waals surface area (Å²) in [6.45, 7) is 3.29. The van der Waals surface area contributed by atoms with Gasteiger partial charge >= 0.3 is 0 Å². The molecule has 0 saturated carbocycles. The van der Waals surface area contributed by atoms with Gasteiger partial charge in [0.1, 0.15) is 12.4 Å². The Morgan fingerprint density at radius 2 is 2.10 bits per heavy atom. The van der Waals surface area contributed by atoms with E-state index in [9.17, 15) is 0 Å². The lowest BCUT2D eigenvalue weighted by molar-refractivity contribution is 0.326. The second kappa shape index (κ2) is 5.91. The van der Waals surface area contributed by atoms with Crippen LogP contribution in [0.1, 0.15) is 5.69 Å². The van der Waals surface area contributed by atoms with Gasteiger partial charge in [0.15, 0.2) is 0 Å². The van der Waals surface area contributed by atoms with E-state index >= 15 is 0 Å². The highest BCUT2D eigenvalue weighted by molar-refractivity contribution is 7.20. The first-order valence-electron chi connectivity index (χ1n) is 6.54. The molecule has 21 heavy (non-hydrogen) atoms. The summed E-state index contributed by atoms with van der Waals surface area (Å²) in [6, 6.07) is 7.36. The number of aryl methyl sites for hydroxylation is 1. The van der Waals surface area contributed by atoms with Gasteiger partial charge in [-0.15, -0.1) is 5.10 Å². The molecule has 0 aliphatic carbocycles. The fourth-order valence-electron chi connectivity index (χ4n) is 1.88. The van der Waals surface area contributed by atoms with Gasteiger partial charge in [0.05, 0.1) is 18.4 Å². The van der Waals surface area contributed by atoms with Crippen LogP contribution in [0.2, 0.25) is 5.02 Å². The number of ether oxygens (including phenoxy) is 1. The number of rotatable bonds is 5. The minimum absolute atomic E-state index is 0.582. The first-order chi connectivity index (χ1) is 10.1.